The number of hydrogen-bond acceptors (Lipinski definition) is 4. The summed E-state index contributed by atoms with van der Waals surface area (Å²) in [5, 5.41) is 2.00. The van der Waals surface area contributed by atoms with Gasteiger partial charge in [-0.05, 0) is 61.4 Å². The number of nitrogens with zero attached hydrogens (tertiary/aromatic N) is 3. The molecule has 7 rings (SSSR count). The van der Waals surface area contributed by atoms with Crippen LogP contribution in [0.2, 0.25) is 0 Å². The van der Waals surface area contributed by atoms with Crippen molar-refractivity contribution in [1.29, 1.82) is 0 Å². The van der Waals surface area contributed by atoms with Crippen LogP contribution in [0.5, 0.6) is 0 Å². The fourth-order valence-electron chi connectivity index (χ4n) is 4.90. The molecule has 5 heteroatoms. The Bertz CT molecular complexity index is 2470. The van der Waals surface area contributed by atoms with Crippen molar-refractivity contribution in [3.8, 4) is 22.5 Å². The van der Waals surface area contributed by atoms with Gasteiger partial charge in [-0.2, -0.15) is 0 Å². The van der Waals surface area contributed by atoms with E-state index in [1.807, 2.05) is 45.0 Å². The molecule has 0 atom stereocenters. The molecule has 223 valence electrons. The molecular formula is C39H35IrN3O-2. The molecule has 0 fully saturated rings. The summed E-state index contributed by atoms with van der Waals surface area (Å²) in [5.74, 6) is 0. The first-order chi connectivity index (χ1) is 25.1. The molecule has 44 heavy (non-hydrogen) atoms. The van der Waals surface area contributed by atoms with Crippen molar-refractivity contribution in [3.63, 3.8) is 0 Å². The zero-order valence-corrected chi connectivity index (χ0v) is 26.6. The van der Waals surface area contributed by atoms with Crippen molar-refractivity contribution in [3.05, 3.63) is 126 Å². The minimum absolute atomic E-state index is 0. The number of pyridine rings is 3. The second-order valence-electron chi connectivity index (χ2n) is 11.1. The predicted molar refractivity (Wildman–Crippen MR) is 177 cm³/mol. The molecule has 4 nitrogen and oxygen atoms in total. The van der Waals surface area contributed by atoms with Gasteiger partial charge in [0, 0.05) is 75.1 Å². The minimum Gasteiger partial charge on any atom is -0.500 e. The van der Waals surface area contributed by atoms with Gasteiger partial charge < -0.3 is 14.4 Å². The summed E-state index contributed by atoms with van der Waals surface area (Å²) >= 11 is 0. The molecule has 7 aromatic rings. The Kier molecular flexibility index (Phi) is 5.82. The van der Waals surface area contributed by atoms with E-state index in [0.29, 0.717) is 44.1 Å². The number of furan rings is 1. The van der Waals surface area contributed by atoms with E-state index >= 15 is 0 Å². The van der Waals surface area contributed by atoms with E-state index in [4.69, 9.17) is 19.5 Å². The molecule has 0 bridgehead atoms. The Balaban J connectivity index is 0.000000286. The van der Waals surface area contributed by atoms with Crippen LogP contribution in [-0.2, 0) is 26.5 Å². The summed E-state index contributed by atoms with van der Waals surface area (Å²) < 4.78 is 92.7. The van der Waals surface area contributed by atoms with Crippen LogP contribution in [0.4, 0.5) is 0 Å². The van der Waals surface area contributed by atoms with Gasteiger partial charge >= 0.3 is 0 Å². The Hall–Kier alpha value is -4.18. The molecule has 0 amide bonds. The van der Waals surface area contributed by atoms with Gasteiger partial charge in [-0.15, -0.1) is 54.1 Å². The van der Waals surface area contributed by atoms with Gasteiger partial charge in [-0.25, -0.2) is 0 Å². The number of aromatic nitrogens is 3. The van der Waals surface area contributed by atoms with Crippen LogP contribution < -0.4 is 0 Å². The number of benzene rings is 3. The average Bonchev–Trinajstić information content (AvgIpc) is 3.50. The zero-order valence-electron chi connectivity index (χ0n) is 35.2. The number of rotatable bonds is 3. The van der Waals surface area contributed by atoms with E-state index in [1.165, 1.54) is 12.3 Å². The summed E-state index contributed by atoms with van der Waals surface area (Å²) in [6.07, 6.45) is 1.31. The van der Waals surface area contributed by atoms with E-state index in [9.17, 15) is 0 Å². The van der Waals surface area contributed by atoms with Crippen molar-refractivity contribution >= 4 is 32.7 Å². The molecule has 0 N–H and O–H groups in total. The third-order valence-corrected chi connectivity index (χ3v) is 6.69. The Morgan fingerprint density at radius 2 is 1.66 bits per heavy atom. The van der Waals surface area contributed by atoms with Crippen LogP contribution in [0.25, 0.3) is 55.2 Å². The third kappa shape index (κ3) is 6.65. The van der Waals surface area contributed by atoms with Gasteiger partial charge in [0.25, 0.3) is 0 Å². The van der Waals surface area contributed by atoms with Gasteiger partial charge in [-0.1, -0.05) is 67.6 Å². The van der Waals surface area contributed by atoms with Crippen LogP contribution in [0.15, 0.2) is 95.7 Å². The topological polar surface area (TPSA) is 51.8 Å². The number of fused-ring (bicyclic) bond motifs is 5. The maximum atomic E-state index is 8.67. The van der Waals surface area contributed by atoms with Gasteiger partial charge in [0.05, 0.1) is 5.58 Å². The smallest absolute Gasteiger partial charge is 0.128 e. The maximum absolute atomic E-state index is 8.67. The fraction of sp³-hybridized carbons (Fsp3) is 0.205. The molecule has 0 aliphatic carbocycles. The van der Waals surface area contributed by atoms with E-state index < -0.39 is 32.3 Å². The SMILES string of the molecule is [2H]C([2H])([2H])c1cc2c(ccc3c4cc[c-]c(-c5cc(C([2H])([2H])C(C)(C)C)ccn5)c4oc23)c(C([2H])([2H])[2H])n1.[2H]C([2H])([2H])c1ccc(-c2[c-]cccc2)nc1.[Ir]. The van der Waals surface area contributed by atoms with E-state index in [1.54, 1.807) is 54.7 Å². The summed E-state index contributed by atoms with van der Waals surface area (Å²) in [7, 11) is 0. The molecular weight excluding hydrogens is 719 g/mol. The van der Waals surface area contributed by atoms with Crippen LogP contribution in [0, 0.1) is 38.1 Å². The van der Waals surface area contributed by atoms with Crippen LogP contribution >= 0.6 is 0 Å². The summed E-state index contributed by atoms with van der Waals surface area (Å²) in [4.78, 5) is 12.6. The maximum Gasteiger partial charge on any atom is 0.128 e. The van der Waals surface area contributed by atoms with Crippen LogP contribution in [0.1, 0.15) is 58.4 Å². The van der Waals surface area contributed by atoms with Crippen molar-refractivity contribution < 1.29 is 39.6 Å². The van der Waals surface area contributed by atoms with Crippen molar-refractivity contribution in [2.45, 2.75) is 47.7 Å². The Morgan fingerprint density at radius 3 is 2.39 bits per heavy atom. The van der Waals surface area contributed by atoms with Crippen LogP contribution in [-0.4, -0.2) is 15.0 Å². The number of aryl methyl sites for hydroxylation is 3. The van der Waals surface area contributed by atoms with Crippen molar-refractivity contribution in [2.75, 3.05) is 0 Å². The summed E-state index contributed by atoms with van der Waals surface area (Å²) in [5.41, 5.74) is 2.78. The molecule has 0 saturated heterocycles. The minimum atomic E-state index is -2.63. The quantitative estimate of drug-likeness (QED) is 0.168. The summed E-state index contributed by atoms with van der Waals surface area (Å²) in [6, 6.07) is 28.5. The standard InChI is InChI=1S/C27H25N2O.C12H10N.Ir/c1-16-13-23-19(17(2)29-16)9-10-21-20-7-6-8-22(25(20)30-26(21)23)24-14-18(11-12-28-24)15-27(3,4)5;1-10-7-8-12(13-9-10)11-5-3-2-4-6-11;/h6-7,9-14H,15H2,1-5H3;2-5,7-9H,1H3;/q2*-1;/i1D3,2D3,15D2;1D3;. The third-order valence-electron chi connectivity index (χ3n) is 6.69. The molecule has 0 aliphatic rings. The second kappa shape index (κ2) is 12.8. The molecule has 0 unspecified atom stereocenters. The predicted octanol–water partition coefficient (Wildman–Crippen LogP) is 10.1. The largest absolute Gasteiger partial charge is 0.500 e. The first-order valence-electron chi connectivity index (χ1n) is 19.2. The molecule has 4 heterocycles. The molecule has 0 spiro atoms. The Labute approximate surface area is 288 Å². The van der Waals surface area contributed by atoms with Crippen molar-refractivity contribution in [2.24, 2.45) is 5.41 Å². The van der Waals surface area contributed by atoms with Gasteiger partial charge in [0.1, 0.15) is 5.58 Å². The van der Waals surface area contributed by atoms with E-state index in [2.05, 4.69) is 27.1 Å². The van der Waals surface area contributed by atoms with Gasteiger partial charge in [-0.3, -0.25) is 4.98 Å². The molecule has 4 aromatic heterocycles. The fourth-order valence-corrected chi connectivity index (χ4v) is 4.90. The molecule has 3 aromatic carbocycles. The van der Waals surface area contributed by atoms with Gasteiger partial charge in [0.15, 0.2) is 0 Å². The molecule has 0 aliphatic heterocycles. The van der Waals surface area contributed by atoms with E-state index in [-0.39, 0.29) is 42.4 Å². The molecule has 0 saturated carbocycles. The first-order valence-corrected chi connectivity index (χ1v) is 13.7. The van der Waals surface area contributed by atoms with Crippen molar-refractivity contribution in [1.82, 2.24) is 15.0 Å². The van der Waals surface area contributed by atoms with E-state index in [0.717, 1.165) is 11.3 Å². The first kappa shape index (κ1) is 20.0. The van der Waals surface area contributed by atoms with Gasteiger partial charge in [0.2, 0.25) is 0 Å². The second-order valence-corrected chi connectivity index (χ2v) is 11.1. The van der Waals surface area contributed by atoms with Crippen LogP contribution in [0.3, 0.4) is 0 Å². The number of hydrogen-bond donors (Lipinski definition) is 0. The normalized spacial score (nSPS) is 16.2. The average molecular weight is 765 g/mol. The Morgan fingerprint density at radius 1 is 0.795 bits per heavy atom. The zero-order chi connectivity index (χ0) is 39.4. The molecule has 1 radical (unpaired) electrons. The summed E-state index contributed by atoms with van der Waals surface area (Å²) in [6.45, 7) is -1.83. The monoisotopic (exact) mass is 765 g/mol.